The Hall–Kier alpha value is -1.74. The monoisotopic (exact) mass is 354 g/mol. The predicted molar refractivity (Wildman–Crippen MR) is 75.0 cm³/mol. The molecule has 0 unspecified atom stereocenters. The zero-order valence-corrected chi connectivity index (χ0v) is 12.4. The second kappa shape index (κ2) is 5.47. The van der Waals surface area contributed by atoms with Crippen molar-refractivity contribution in [3.8, 4) is 11.1 Å². The van der Waals surface area contributed by atoms with Crippen LogP contribution in [0.1, 0.15) is 5.69 Å². The Morgan fingerprint density at radius 3 is 2.41 bits per heavy atom. The van der Waals surface area contributed by atoms with Gasteiger partial charge in [-0.1, -0.05) is 11.6 Å². The van der Waals surface area contributed by atoms with Crippen LogP contribution in [0.25, 0.3) is 11.1 Å². The van der Waals surface area contributed by atoms with Gasteiger partial charge in [-0.05, 0) is 12.1 Å². The van der Waals surface area contributed by atoms with Crippen LogP contribution < -0.4 is 11.2 Å². The topological polar surface area (TPSA) is 54.9 Å². The van der Waals surface area contributed by atoms with Crippen molar-refractivity contribution in [1.82, 2.24) is 9.55 Å². The summed E-state index contributed by atoms with van der Waals surface area (Å²) in [6.45, 7) is 0. The fraction of sp³-hybridized carbons (Fsp3) is 0.167. The number of nitrogens with one attached hydrogen (secondary N) is 1. The lowest BCUT2D eigenvalue weighted by molar-refractivity contribution is -0.143. The Balaban J connectivity index is 2.99. The average Bonchev–Trinajstić information content (AvgIpc) is 2.37. The van der Waals surface area contributed by atoms with Crippen LogP contribution in [0, 0.1) is 5.82 Å². The summed E-state index contributed by atoms with van der Waals surface area (Å²) in [6.07, 6.45) is -5.04. The standard InChI is InChI=1S/C12H7ClF4N2O2S/c1-19-9(12(15,16)17)8(10(20)18-11(19)21)4-2-7(22)5(13)3-6(4)14/h2-3,22H,1H3,(H,18,20,21). The molecule has 0 atom stereocenters. The lowest BCUT2D eigenvalue weighted by atomic mass is 10.0. The Bertz CT molecular complexity index is 873. The number of hydrogen-bond donors (Lipinski definition) is 2. The van der Waals surface area contributed by atoms with E-state index in [1.165, 1.54) is 0 Å². The summed E-state index contributed by atoms with van der Waals surface area (Å²) in [7, 11) is 0.819. The molecule has 0 saturated carbocycles. The van der Waals surface area contributed by atoms with Gasteiger partial charge in [0.1, 0.15) is 11.5 Å². The van der Waals surface area contributed by atoms with Gasteiger partial charge in [0.05, 0.1) is 10.6 Å². The lowest BCUT2D eigenvalue weighted by Gasteiger charge is -2.16. The Morgan fingerprint density at radius 1 is 1.27 bits per heavy atom. The van der Waals surface area contributed by atoms with E-state index in [1.807, 2.05) is 0 Å². The SMILES string of the molecule is Cn1c(C(F)(F)F)c(-c2cc(S)c(Cl)cc2F)c(=O)[nH]c1=O. The normalized spacial score (nSPS) is 11.8. The number of benzene rings is 1. The molecule has 0 amide bonds. The Morgan fingerprint density at radius 2 is 1.86 bits per heavy atom. The van der Waals surface area contributed by atoms with E-state index in [1.54, 1.807) is 4.98 Å². The van der Waals surface area contributed by atoms with E-state index in [-0.39, 0.29) is 14.5 Å². The van der Waals surface area contributed by atoms with Crippen LogP contribution in [-0.4, -0.2) is 9.55 Å². The van der Waals surface area contributed by atoms with Crippen molar-refractivity contribution in [2.75, 3.05) is 0 Å². The van der Waals surface area contributed by atoms with Crippen LogP contribution in [0.4, 0.5) is 17.6 Å². The van der Waals surface area contributed by atoms with Crippen LogP contribution in [0.5, 0.6) is 0 Å². The Kier molecular flexibility index (Phi) is 4.14. The highest BCUT2D eigenvalue weighted by molar-refractivity contribution is 7.80. The summed E-state index contributed by atoms with van der Waals surface area (Å²) in [5.74, 6) is -1.14. The maximum absolute atomic E-state index is 14.0. The number of rotatable bonds is 1. The summed E-state index contributed by atoms with van der Waals surface area (Å²) < 4.78 is 53.7. The second-order valence-corrected chi connectivity index (χ2v) is 5.21. The molecule has 0 bridgehead atoms. The van der Waals surface area contributed by atoms with E-state index in [9.17, 15) is 27.2 Å². The maximum atomic E-state index is 14.0. The number of aromatic nitrogens is 2. The van der Waals surface area contributed by atoms with E-state index >= 15 is 0 Å². The molecule has 118 valence electrons. The minimum absolute atomic E-state index is 0.0144. The second-order valence-electron chi connectivity index (χ2n) is 4.32. The van der Waals surface area contributed by atoms with Crippen molar-refractivity contribution >= 4 is 24.2 Å². The molecule has 22 heavy (non-hydrogen) atoms. The number of nitrogens with zero attached hydrogens (tertiary/aromatic N) is 1. The molecule has 0 aliphatic carbocycles. The summed E-state index contributed by atoms with van der Waals surface area (Å²) in [6, 6.07) is 1.63. The molecule has 10 heteroatoms. The van der Waals surface area contributed by atoms with Gasteiger partial charge in [0, 0.05) is 17.5 Å². The number of alkyl halides is 3. The van der Waals surface area contributed by atoms with Crippen LogP contribution in [0.15, 0.2) is 26.6 Å². The zero-order chi connectivity index (χ0) is 16.8. The molecule has 0 radical (unpaired) electrons. The molecule has 2 rings (SSSR count). The van der Waals surface area contributed by atoms with Gasteiger partial charge in [-0.3, -0.25) is 14.3 Å². The average molecular weight is 355 g/mol. The first kappa shape index (κ1) is 16.6. The summed E-state index contributed by atoms with van der Waals surface area (Å²) in [5.41, 5.74) is -5.85. The number of H-pyrrole nitrogens is 1. The van der Waals surface area contributed by atoms with Crippen LogP contribution in [0.2, 0.25) is 5.02 Å². The number of hydrogen-bond acceptors (Lipinski definition) is 3. The predicted octanol–water partition coefficient (Wildman–Crippen LogP) is 2.84. The minimum Gasteiger partial charge on any atom is -0.292 e. The summed E-state index contributed by atoms with van der Waals surface area (Å²) >= 11 is 9.51. The van der Waals surface area contributed by atoms with Crippen molar-refractivity contribution in [2.24, 2.45) is 7.05 Å². The van der Waals surface area contributed by atoms with E-state index in [0.29, 0.717) is 0 Å². The van der Waals surface area contributed by atoms with Gasteiger partial charge in [0.25, 0.3) is 5.56 Å². The molecule has 4 nitrogen and oxygen atoms in total. The number of aromatic amines is 1. The summed E-state index contributed by atoms with van der Waals surface area (Å²) in [5, 5.41) is -0.126. The van der Waals surface area contributed by atoms with E-state index in [2.05, 4.69) is 12.6 Å². The van der Waals surface area contributed by atoms with Gasteiger partial charge in [0.15, 0.2) is 0 Å². The summed E-state index contributed by atoms with van der Waals surface area (Å²) in [4.78, 5) is 24.9. The minimum atomic E-state index is -5.04. The van der Waals surface area contributed by atoms with Gasteiger partial charge in [-0.25, -0.2) is 9.18 Å². The van der Waals surface area contributed by atoms with Crippen molar-refractivity contribution in [3.05, 3.63) is 49.5 Å². The van der Waals surface area contributed by atoms with Crippen molar-refractivity contribution < 1.29 is 17.6 Å². The third kappa shape index (κ3) is 2.78. The number of halogens is 5. The van der Waals surface area contributed by atoms with Crippen molar-refractivity contribution in [1.29, 1.82) is 0 Å². The maximum Gasteiger partial charge on any atom is 0.432 e. The first-order valence-electron chi connectivity index (χ1n) is 5.63. The van der Waals surface area contributed by atoms with Crippen LogP contribution >= 0.6 is 24.2 Å². The van der Waals surface area contributed by atoms with E-state index in [0.717, 1.165) is 19.2 Å². The third-order valence-corrected chi connectivity index (χ3v) is 3.71. The molecule has 1 N–H and O–H groups in total. The molecule has 0 spiro atoms. The fourth-order valence-electron chi connectivity index (χ4n) is 1.93. The lowest BCUT2D eigenvalue weighted by Crippen LogP contribution is -2.35. The fourth-order valence-corrected chi connectivity index (χ4v) is 2.28. The molecule has 0 fully saturated rings. The smallest absolute Gasteiger partial charge is 0.292 e. The largest absolute Gasteiger partial charge is 0.432 e. The van der Waals surface area contributed by atoms with Gasteiger partial charge in [-0.15, -0.1) is 12.6 Å². The number of thiol groups is 1. The molecular formula is C12H7ClF4N2O2S. The molecule has 0 aliphatic rings. The van der Waals surface area contributed by atoms with Crippen LogP contribution in [-0.2, 0) is 13.2 Å². The van der Waals surface area contributed by atoms with Gasteiger partial charge in [-0.2, -0.15) is 13.2 Å². The first-order chi connectivity index (χ1) is 10.0. The molecule has 1 heterocycles. The van der Waals surface area contributed by atoms with E-state index in [4.69, 9.17) is 11.6 Å². The molecule has 1 aromatic carbocycles. The van der Waals surface area contributed by atoms with E-state index < -0.39 is 40.1 Å². The van der Waals surface area contributed by atoms with Gasteiger partial charge in [0.2, 0.25) is 0 Å². The molecular weight excluding hydrogens is 348 g/mol. The van der Waals surface area contributed by atoms with Crippen molar-refractivity contribution in [3.63, 3.8) is 0 Å². The highest BCUT2D eigenvalue weighted by Crippen LogP contribution is 2.36. The molecule has 0 aliphatic heterocycles. The third-order valence-electron chi connectivity index (χ3n) is 2.90. The molecule has 1 aromatic heterocycles. The zero-order valence-electron chi connectivity index (χ0n) is 10.8. The van der Waals surface area contributed by atoms with Crippen molar-refractivity contribution in [2.45, 2.75) is 11.1 Å². The van der Waals surface area contributed by atoms with Gasteiger partial charge < -0.3 is 0 Å². The highest BCUT2D eigenvalue weighted by Gasteiger charge is 2.39. The highest BCUT2D eigenvalue weighted by atomic mass is 35.5. The van der Waals surface area contributed by atoms with Crippen LogP contribution in [0.3, 0.4) is 0 Å². The molecule has 0 saturated heterocycles. The first-order valence-corrected chi connectivity index (χ1v) is 6.45. The van der Waals surface area contributed by atoms with Gasteiger partial charge >= 0.3 is 11.9 Å². The Labute approximate surface area is 130 Å². The quantitative estimate of drug-likeness (QED) is 0.611. The molecule has 2 aromatic rings.